The Morgan fingerprint density at radius 2 is 1.70 bits per heavy atom. The molecule has 5 rings (SSSR count). The summed E-state index contributed by atoms with van der Waals surface area (Å²) in [6, 6.07) is 25.0. The number of halogens is 1. The van der Waals surface area contributed by atoms with Gasteiger partial charge in [0.2, 0.25) is 5.91 Å². The second-order valence-corrected chi connectivity index (χ2v) is 9.46. The Labute approximate surface area is 213 Å². The number of carbonyl (C=O) groups excluding carboxylic acids is 3. The number of amides is 3. The lowest BCUT2D eigenvalue weighted by atomic mass is 9.71. The summed E-state index contributed by atoms with van der Waals surface area (Å²) in [7, 11) is 0. The van der Waals surface area contributed by atoms with Crippen LogP contribution in [0.5, 0.6) is 0 Å². The molecule has 3 atom stereocenters. The minimum Gasteiger partial charge on any atom is -0.325 e. The molecular weight excluding hydrogens is 471 g/mol. The van der Waals surface area contributed by atoms with Gasteiger partial charge < -0.3 is 15.5 Å². The van der Waals surface area contributed by atoms with Crippen LogP contribution in [0, 0.1) is 11.3 Å². The molecule has 2 aliphatic rings. The van der Waals surface area contributed by atoms with Gasteiger partial charge in [-0.3, -0.25) is 14.4 Å². The molecule has 0 aliphatic carbocycles. The summed E-state index contributed by atoms with van der Waals surface area (Å²) in [5.41, 5.74) is -1.69. The number of nitrogens with one attached hydrogen (secondary N) is 2. The van der Waals surface area contributed by atoms with Gasteiger partial charge in [0.1, 0.15) is 6.04 Å². The van der Waals surface area contributed by atoms with E-state index < -0.39 is 35.4 Å². The fraction of sp³-hybridized carbons (Fsp3) is 0.241. The Bertz CT molecular complexity index is 1390. The molecule has 0 aromatic heterocycles. The van der Waals surface area contributed by atoms with Crippen molar-refractivity contribution in [3.05, 3.63) is 96.1 Å². The number of likely N-dealkylation sites (tertiary alicyclic amines) is 1. The van der Waals surface area contributed by atoms with Crippen molar-refractivity contribution in [2.24, 2.45) is 0 Å². The van der Waals surface area contributed by atoms with Gasteiger partial charge in [-0.05, 0) is 42.2 Å². The molecule has 1 fully saturated rings. The Morgan fingerprint density at radius 3 is 2.41 bits per heavy atom. The molecule has 0 bridgehead atoms. The minimum atomic E-state index is -2.97. The molecule has 3 amide bonds. The van der Waals surface area contributed by atoms with E-state index in [1.54, 1.807) is 66.7 Å². The first kappa shape index (κ1) is 24.2. The van der Waals surface area contributed by atoms with Crippen molar-refractivity contribution in [1.29, 1.82) is 5.26 Å². The fourth-order valence-electron chi connectivity index (χ4n) is 5.30. The lowest BCUT2D eigenvalue weighted by Crippen LogP contribution is -2.61. The number of hydrogen-bond donors (Lipinski definition) is 2. The third kappa shape index (κ3) is 4.23. The third-order valence-corrected chi connectivity index (χ3v) is 7.25. The Kier molecular flexibility index (Phi) is 6.22. The molecule has 2 N–H and O–H groups in total. The van der Waals surface area contributed by atoms with Gasteiger partial charge in [-0.2, -0.15) is 5.26 Å². The number of nitrogens with zero attached hydrogens (tertiary/aromatic N) is 2. The number of anilines is 2. The maximum atomic E-state index is 16.7. The highest BCUT2D eigenvalue weighted by atomic mass is 19.1. The molecule has 2 heterocycles. The fourth-order valence-corrected chi connectivity index (χ4v) is 5.30. The highest BCUT2D eigenvalue weighted by Gasteiger charge is 2.56. The van der Waals surface area contributed by atoms with E-state index >= 15 is 4.39 Å². The number of alkyl halides is 1. The summed E-state index contributed by atoms with van der Waals surface area (Å²) in [5, 5.41) is 15.4. The highest BCUT2D eigenvalue weighted by molar-refractivity contribution is 6.14. The molecule has 0 saturated carbocycles. The molecule has 3 aromatic carbocycles. The van der Waals surface area contributed by atoms with Crippen molar-refractivity contribution in [2.45, 2.75) is 36.4 Å². The van der Waals surface area contributed by atoms with Crippen LogP contribution in [0.1, 0.15) is 24.0 Å². The number of piperidine rings is 1. The van der Waals surface area contributed by atoms with Crippen molar-refractivity contribution >= 4 is 29.1 Å². The molecular formula is C29H25FN4O3. The molecule has 0 radical (unpaired) electrons. The van der Waals surface area contributed by atoms with E-state index in [1.807, 2.05) is 18.2 Å². The first-order valence-electron chi connectivity index (χ1n) is 12.1. The SMILES string of the molecule is N#C[C@@H]1C[C@@]2(CCN1C(=O)C(F)(Cc1ccccc1)C(=O)Nc1ccccc1)C(=O)Nc1ccccc12. The molecule has 1 unspecified atom stereocenters. The normalized spacial score (nSPS) is 21.9. The van der Waals surface area contributed by atoms with E-state index in [4.69, 9.17) is 0 Å². The van der Waals surface area contributed by atoms with Crippen LogP contribution < -0.4 is 10.6 Å². The van der Waals surface area contributed by atoms with E-state index in [0.29, 0.717) is 16.9 Å². The van der Waals surface area contributed by atoms with E-state index in [9.17, 15) is 19.6 Å². The smallest absolute Gasteiger partial charge is 0.272 e. The molecule has 186 valence electrons. The zero-order valence-corrected chi connectivity index (χ0v) is 20.0. The second-order valence-electron chi connectivity index (χ2n) is 9.46. The van der Waals surface area contributed by atoms with Crippen LogP contribution >= 0.6 is 0 Å². The van der Waals surface area contributed by atoms with E-state index in [-0.39, 0.29) is 25.3 Å². The third-order valence-electron chi connectivity index (χ3n) is 7.25. The van der Waals surface area contributed by atoms with Gasteiger partial charge in [-0.15, -0.1) is 0 Å². The number of fused-ring (bicyclic) bond motifs is 2. The van der Waals surface area contributed by atoms with Gasteiger partial charge >= 0.3 is 0 Å². The van der Waals surface area contributed by atoms with Crippen molar-refractivity contribution in [3.63, 3.8) is 0 Å². The number of para-hydroxylation sites is 2. The number of rotatable bonds is 5. The average molecular weight is 497 g/mol. The molecule has 37 heavy (non-hydrogen) atoms. The predicted octanol–water partition coefficient (Wildman–Crippen LogP) is 3.98. The number of benzene rings is 3. The van der Waals surface area contributed by atoms with Crippen molar-refractivity contribution < 1.29 is 18.8 Å². The van der Waals surface area contributed by atoms with Crippen LogP contribution in [-0.4, -0.2) is 40.9 Å². The van der Waals surface area contributed by atoms with Gasteiger partial charge in [0.05, 0.1) is 11.5 Å². The van der Waals surface area contributed by atoms with Gasteiger partial charge in [-0.1, -0.05) is 66.7 Å². The number of nitriles is 1. The molecule has 8 heteroatoms. The van der Waals surface area contributed by atoms with Crippen LogP contribution in [-0.2, 0) is 26.2 Å². The largest absolute Gasteiger partial charge is 0.325 e. The molecule has 1 saturated heterocycles. The van der Waals surface area contributed by atoms with Crippen LogP contribution in [0.4, 0.5) is 15.8 Å². The summed E-state index contributed by atoms with van der Waals surface area (Å²) in [4.78, 5) is 41.2. The summed E-state index contributed by atoms with van der Waals surface area (Å²) in [5.74, 6) is -2.43. The maximum Gasteiger partial charge on any atom is 0.272 e. The lowest BCUT2D eigenvalue weighted by Gasteiger charge is -2.43. The van der Waals surface area contributed by atoms with Crippen LogP contribution in [0.2, 0.25) is 0 Å². The average Bonchev–Trinajstić information content (AvgIpc) is 3.19. The highest BCUT2D eigenvalue weighted by Crippen LogP contribution is 2.47. The van der Waals surface area contributed by atoms with Gasteiger partial charge in [-0.25, -0.2) is 4.39 Å². The van der Waals surface area contributed by atoms with Crippen LogP contribution in [0.3, 0.4) is 0 Å². The summed E-state index contributed by atoms with van der Waals surface area (Å²) in [6.07, 6.45) is -0.268. The van der Waals surface area contributed by atoms with E-state index in [0.717, 1.165) is 10.5 Å². The van der Waals surface area contributed by atoms with Crippen LogP contribution in [0.25, 0.3) is 0 Å². The molecule has 7 nitrogen and oxygen atoms in total. The maximum absolute atomic E-state index is 16.7. The Balaban J connectivity index is 1.46. The zero-order chi connectivity index (χ0) is 26.0. The number of carbonyl (C=O) groups is 3. The number of hydrogen-bond acceptors (Lipinski definition) is 4. The topological polar surface area (TPSA) is 102 Å². The Morgan fingerprint density at radius 1 is 1.05 bits per heavy atom. The standard InChI is InChI=1S/C29H25FN4O3/c30-29(17-20-9-3-1-4-10-20,26(36)32-21-11-5-2-6-12-21)27(37)34-16-15-28(18-22(34)19-31)23-13-7-8-14-24(23)33-25(28)35/h1-14,22H,15-18H2,(H,32,36)(H,33,35)/t22-,28+,29?/m0/s1. The summed E-state index contributed by atoms with van der Waals surface area (Å²) >= 11 is 0. The van der Waals surface area contributed by atoms with Gasteiger partial charge in [0.15, 0.2) is 0 Å². The molecule has 3 aromatic rings. The van der Waals surface area contributed by atoms with Crippen molar-refractivity contribution in [3.8, 4) is 6.07 Å². The molecule has 2 aliphatic heterocycles. The predicted molar refractivity (Wildman–Crippen MR) is 136 cm³/mol. The Hall–Kier alpha value is -4.51. The van der Waals surface area contributed by atoms with E-state index in [2.05, 4.69) is 16.7 Å². The van der Waals surface area contributed by atoms with E-state index in [1.165, 1.54) is 0 Å². The quantitative estimate of drug-likeness (QED) is 0.522. The van der Waals surface area contributed by atoms with Crippen molar-refractivity contribution in [2.75, 3.05) is 17.2 Å². The van der Waals surface area contributed by atoms with Gasteiger partial charge in [0, 0.05) is 24.3 Å². The van der Waals surface area contributed by atoms with Gasteiger partial charge in [0.25, 0.3) is 17.5 Å². The lowest BCUT2D eigenvalue weighted by molar-refractivity contribution is -0.154. The first-order chi connectivity index (χ1) is 17.9. The summed E-state index contributed by atoms with van der Waals surface area (Å²) in [6.45, 7) is -0.0438. The van der Waals surface area contributed by atoms with Crippen LogP contribution in [0.15, 0.2) is 84.9 Å². The minimum absolute atomic E-state index is 0.0137. The van der Waals surface area contributed by atoms with Crippen molar-refractivity contribution in [1.82, 2.24) is 4.90 Å². The second kappa shape index (κ2) is 9.51. The molecule has 1 spiro atoms. The zero-order valence-electron chi connectivity index (χ0n) is 20.0. The monoisotopic (exact) mass is 496 g/mol. The summed E-state index contributed by atoms with van der Waals surface area (Å²) < 4.78 is 16.7. The first-order valence-corrected chi connectivity index (χ1v) is 12.1.